The van der Waals surface area contributed by atoms with Crippen molar-refractivity contribution in [3.8, 4) is 0 Å². The van der Waals surface area contributed by atoms with Crippen molar-refractivity contribution >= 4 is 5.91 Å². The molecule has 4 atom stereocenters. The number of tetrazole rings is 1. The Bertz CT molecular complexity index is 1140. The van der Waals surface area contributed by atoms with E-state index in [1.165, 1.54) is 17.7 Å². The molecule has 0 aliphatic carbocycles. The van der Waals surface area contributed by atoms with Crippen LogP contribution < -0.4 is 0 Å². The molecule has 0 saturated carbocycles. The molecule has 0 bridgehead atoms. The minimum Gasteiger partial charge on any atom is -0.377 e. The number of ether oxygens (including phenoxy) is 2. The molecule has 1 saturated heterocycles. The predicted molar refractivity (Wildman–Crippen MR) is 117 cm³/mol. The van der Waals surface area contributed by atoms with Crippen molar-refractivity contribution in [2.45, 2.75) is 44.1 Å². The quantitative estimate of drug-likeness (QED) is 0.607. The Morgan fingerprint density at radius 1 is 1.18 bits per heavy atom. The van der Waals surface area contributed by atoms with Crippen LogP contribution in [0.15, 0.2) is 48.5 Å². The summed E-state index contributed by atoms with van der Waals surface area (Å²) in [5.74, 6) is 0.261. The monoisotopic (exact) mass is 451 g/mol. The van der Waals surface area contributed by atoms with Gasteiger partial charge in [-0.05, 0) is 52.6 Å². The average molecular weight is 452 g/mol. The molecule has 0 N–H and O–H groups in total. The van der Waals surface area contributed by atoms with Gasteiger partial charge in [0.15, 0.2) is 0 Å². The van der Waals surface area contributed by atoms with E-state index in [9.17, 15) is 9.18 Å². The number of carbonyl (C=O) groups is 1. The Kier molecular flexibility index (Phi) is 5.90. The maximum atomic E-state index is 13.8. The maximum absolute atomic E-state index is 13.8. The Morgan fingerprint density at radius 3 is 2.70 bits per heavy atom. The van der Waals surface area contributed by atoms with Crippen LogP contribution in [0.2, 0.25) is 0 Å². The first kappa shape index (κ1) is 21.7. The fourth-order valence-electron chi connectivity index (χ4n) is 4.95. The number of aryl methyl sites for hydroxylation is 1. The zero-order valence-electron chi connectivity index (χ0n) is 18.6. The molecule has 2 aromatic carbocycles. The molecule has 0 unspecified atom stereocenters. The van der Waals surface area contributed by atoms with Crippen LogP contribution in [-0.4, -0.2) is 63.5 Å². The van der Waals surface area contributed by atoms with E-state index in [4.69, 9.17) is 9.47 Å². The van der Waals surface area contributed by atoms with Gasteiger partial charge < -0.3 is 14.4 Å². The molecule has 1 fully saturated rings. The highest BCUT2D eigenvalue weighted by molar-refractivity contribution is 5.82. The Hall–Kier alpha value is -3.17. The summed E-state index contributed by atoms with van der Waals surface area (Å²) in [6.45, 7) is 2.65. The number of aromatic nitrogens is 4. The van der Waals surface area contributed by atoms with E-state index in [1.54, 1.807) is 23.9 Å². The van der Waals surface area contributed by atoms with Crippen LogP contribution in [0.5, 0.6) is 0 Å². The van der Waals surface area contributed by atoms with E-state index < -0.39 is 6.10 Å². The molecule has 33 heavy (non-hydrogen) atoms. The fraction of sp³-hybridized carbons (Fsp3) is 0.417. The summed E-state index contributed by atoms with van der Waals surface area (Å²) in [5.41, 5.74) is 3.12. The van der Waals surface area contributed by atoms with Gasteiger partial charge >= 0.3 is 0 Å². The van der Waals surface area contributed by atoms with E-state index in [1.807, 2.05) is 30.0 Å². The lowest BCUT2D eigenvalue weighted by Crippen LogP contribution is -2.51. The summed E-state index contributed by atoms with van der Waals surface area (Å²) >= 11 is 0. The Morgan fingerprint density at radius 2 is 1.97 bits per heavy atom. The first-order valence-corrected chi connectivity index (χ1v) is 11.1. The number of benzene rings is 2. The zero-order valence-corrected chi connectivity index (χ0v) is 18.6. The second kappa shape index (κ2) is 8.99. The van der Waals surface area contributed by atoms with Crippen LogP contribution in [0.3, 0.4) is 0 Å². The third kappa shape index (κ3) is 4.02. The third-order valence-electron chi connectivity index (χ3n) is 6.65. The smallest absolute Gasteiger partial charge is 0.252 e. The lowest BCUT2D eigenvalue weighted by atomic mass is 9.87. The SMILES string of the molecule is CO[C@H]1CO[C@@H](C(=O)N2CCc3ccccc3[C@@H]2c2ccc(F)cc2)C[C@@H]1n1nnnc1C. The summed E-state index contributed by atoms with van der Waals surface area (Å²) < 4.78 is 27.0. The first-order chi connectivity index (χ1) is 16.1. The van der Waals surface area contributed by atoms with Crippen LogP contribution in [0.1, 0.15) is 41.0 Å². The molecule has 5 rings (SSSR count). The van der Waals surface area contributed by atoms with E-state index in [0.29, 0.717) is 18.8 Å². The number of amides is 1. The lowest BCUT2D eigenvalue weighted by Gasteiger charge is -2.42. The number of carbonyl (C=O) groups excluding carboxylic acids is 1. The standard InChI is InChI=1S/C24H26FN5O3/c1-15-26-27-28-30(15)20-13-21(33-14-22(20)32-2)24(31)29-12-11-16-5-3-4-6-19(16)23(29)17-7-9-18(25)10-8-17/h3-10,20-23H,11-14H2,1-2H3/t20-,21+,22-,23-/m0/s1. The highest BCUT2D eigenvalue weighted by Crippen LogP contribution is 2.37. The molecule has 8 nitrogen and oxygen atoms in total. The number of nitrogens with zero attached hydrogens (tertiary/aromatic N) is 5. The molecule has 2 aliphatic rings. The molecule has 0 radical (unpaired) electrons. The van der Waals surface area contributed by atoms with Crippen molar-refractivity contribution in [1.82, 2.24) is 25.1 Å². The van der Waals surface area contributed by atoms with Crippen molar-refractivity contribution in [3.05, 3.63) is 76.9 Å². The van der Waals surface area contributed by atoms with Gasteiger partial charge in [0.25, 0.3) is 5.91 Å². The van der Waals surface area contributed by atoms with Gasteiger partial charge in [-0.3, -0.25) is 4.79 Å². The number of rotatable bonds is 4. The van der Waals surface area contributed by atoms with Gasteiger partial charge in [-0.25, -0.2) is 9.07 Å². The van der Waals surface area contributed by atoms with Crippen LogP contribution in [0.25, 0.3) is 0 Å². The predicted octanol–water partition coefficient (Wildman–Crippen LogP) is 2.64. The van der Waals surface area contributed by atoms with Crippen LogP contribution in [-0.2, 0) is 20.7 Å². The molecule has 1 aromatic heterocycles. The van der Waals surface area contributed by atoms with Crippen molar-refractivity contribution < 1.29 is 18.7 Å². The maximum Gasteiger partial charge on any atom is 0.252 e. The van der Waals surface area contributed by atoms with Crippen LogP contribution >= 0.6 is 0 Å². The lowest BCUT2D eigenvalue weighted by molar-refractivity contribution is -0.159. The minimum absolute atomic E-state index is 0.0934. The number of hydrogen-bond donors (Lipinski definition) is 0. The average Bonchev–Trinajstić information content (AvgIpc) is 3.28. The molecule has 9 heteroatoms. The van der Waals surface area contributed by atoms with Crippen molar-refractivity contribution in [2.75, 3.05) is 20.3 Å². The van der Waals surface area contributed by atoms with Crippen molar-refractivity contribution in [1.29, 1.82) is 0 Å². The summed E-state index contributed by atoms with van der Waals surface area (Å²) in [7, 11) is 1.62. The van der Waals surface area contributed by atoms with Crippen molar-refractivity contribution in [2.24, 2.45) is 0 Å². The van der Waals surface area contributed by atoms with Gasteiger partial charge in [0.05, 0.1) is 18.7 Å². The van der Waals surface area contributed by atoms with E-state index in [0.717, 1.165) is 17.5 Å². The van der Waals surface area contributed by atoms with E-state index >= 15 is 0 Å². The van der Waals surface area contributed by atoms with Gasteiger partial charge in [0.2, 0.25) is 0 Å². The normalized spacial score (nSPS) is 25.0. The highest BCUT2D eigenvalue weighted by atomic mass is 19.1. The van der Waals surface area contributed by atoms with Crippen LogP contribution in [0, 0.1) is 12.7 Å². The summed E-state index contributed by atoms with van der Waals surface area (Å²) in [6.07, 6.45) is 0.240. The highest BCUT2D eigenvalue weighted by Gasteiger charge is 2.42. The molecule has 1 amide bonds. The first-order valence-electron chi connectivity index (χ1n) is 11.1. The third-order valence-corrected chi connectivity index (χ3v) is 6.65. The van der Waals surface area contributed by atoms with E-state index in [2.05, 4.69) is 21.6 Å². The van der Waals surface area contributed by atoms with Gasteiger partial charge in [-0.2, -0.15) is 0 Å². The number of fused-ring (bicyclic) bond motifs is 1. The van der Waals surface area contributed by atoms with Gasteiger partial charge in [-0.1, -0.05) is 36.4 Å². The largest absolute Gasteiger partial charge is 0.377 e. The molecule has 172 valence electrons. The number of methoxy groups -OCH3 is 1. The second-order valence-corrected chi connectivity index (χ2v) is 8.50. The molecule has 3 aromatic rings. The fourth-order valence-corrected chi connectivity index (χ4v) is 4.95. The summed E-state index contributed by atoms with van der Waals surface area (Å²) in [4.78, 5) is 15.7. The summed E-state index contributed by atoms with van der Waals surface area (Å²) in [6, 6.07) is 14.0. The Labute approximate surface area is 191 Å². The molecular formula is C24H26FN5O3. The van der Waals surface area contributed by atoms with Gasteiger partial charge in [0.1, 0.15) is 23.8 Å². The van der Waals surface area contributed by atoms with E-state index in [-0.39, 0.29) is 36.5 Å². The molecule has 3 heterocycles. The number of halogens is 1. The van der Waals surface area contributed by atoms with Gasteiger partial charge in [-0.15, -0.1) is 5.10 Å². The van der Waals surface area contributed by atoms with Crippen LogP contribution in [0.4, 0.5) is 4.39 Å². The molecular weight excluding hydrogens is 425 g/mol. The second-order valence-electron chi connectivity index (χ2n) is 8.50. The summed E-state index contributed by atoms with van der Waals surface area (Å²) in [5, 5.41) is 11.8. The molecule has 0 spiro atoms. The van der Waals surface area contributed by atoms with Gasteiger partial charge in [0, 0.05) is 20.1 Å². The zero-order chi connectivity index (χ0) is 22.9. The minimum atomic E-state index is -0.654. The van der Waals surface area contributed by atoms with Crippen molar-refractivity contribution in [3.63, 3.8) is 0 Å². The topological polar surface area (TPSA) is 82.4 Å². The Balaban J connectivity index is 1.46. The molecule has 2 aliphatic heterocycles. The number of hydrogen-bond acceptors (Lipinski definition) is 6.